The standard InChI is InChI=1S/C11H22N2O2/c1-9(5-7-14)8-13-11(15)10-4-2-3-6-12-10/h9-10,12,14H,2-8H2,1H3,(H,13,15)/t9?,10-/m0/s1. The summed E-state index contributed by atoms with van der Waals surface area (Å²) in [6, 6.07) is 0.0000709. The molecule has 0 aromatic heterocycles. The molecule has 1 heterocycles. The minimum Gasteiger partial charge on any atom is -0.396 e. The fraction of sp³-hybridized carbons (Fsp3) is 0.909. The first kappa shape index (κ1) is 12.5. The van der Waals surface area contributed by atoms with Gasteiger partial charge in [0.1, 0.15) is 0 Å². The summed E-state index contributed by atoms with van der Waals surface area (Å²) in [6.45, 7) is 3.84. The van der Waals surface area contributed by atoms with Crippen LogP contribution in [-0.2, 0) is 4.79 Å². The number of rotatable bonds is 5. The molecule has 1 unspecified atom stereocenters. The third kappa shape index (κ3) is 4.62. The fourth-order valence-corrected chi connectivity index (χ4v) is 1.80. The molecule has 0 bridgehead atoms. The van der Waals surface area contributed by atoms with Crippen molar-refractivity contribution in [2.75, 3.05) is 19.7 Å². The number of piperidine rings is 1. The Morgan fingerprint density at radius 1 is 1.60 bits per heavy atom. The molecular formula is C11H22N2O2. The first-order valence-electron chi connectivity index (χ1n) is 5.86. The van der Waals surface area contributed by atoms with E-state index in [1.165, 1.54) is 6.42 Å². The van der Waals surface area contributed by atoms with E-state index in [0.717, 1.165) is 25.8 Å². The number of hydrogen-bond donors (Lipinski definition) is 3. The number of nitrogens with one attached hydrogen (secondary N) is 2. The van der Waals surface area contributed by atoms with E-state index < -0.39 is 0 Å². The highest BCUT2D eigenvalue weighted by molar-refractivity contribution is 5.81. The van der Waals surface area contributed by atoms with Gasteiger partial charge in [0, 0.05) is 13.2 Å². The van der Waals surface area contributed by atoms with Gasteiger partial charge in [0.15, 0.2) is 0 Å². The number of hydrogen-bond acceptors (Lipinski definition) is 3. The third-order valence-electron chi connectivity index (χ3n) is 2.87. The number of aliphatic hydroxyl groups excluding tert-OH is 1. The second kappa shape index (κ2) is 6.80. The van der Waals surface area contributed by atoms with Crippen molar-refractivity contribution in [1.29, 1.82) is 0 Å². The minimum atomic E-state index is 0.0000709. The molecule has 0 aromatic rings. The predicted octanol–water partition coefficient (Wildman–Crippen LogP) is 0.263. The zero-order chi connectivity index (χ0) is 11.1. The van der Waals surface area contributed by atoms with Crippen LogP contribution in [0.25, 0.3) is 0 Å². The van der Waals surface area contributed by atoms with Gasteiger partial charge in [-0.15, -0.1) is 0 Å². The van der Waals surface area contributed by atoms with Gasteiger partial charge >= 0.3 is 0 Å². The summed E-state index contributed by atoms with van der Waals surface area (Å²) in [6.07, 6.45) is 4.00. The van der Waals surface area contributed by atoms with Crippen LogP contribution in [0.2, 0.25) is 0 Å². The lowest BCUT2D eigenvalue weighted by Gasteiger charge is -2.23. The first-order valence-corrected chi connectivity index (χ1v) is 5.86. The lowest BCUT2D eigenvalue weighted by atomic mass is 10.0. The Bertz CT molecular complexity index is 191. The molecular weight excluding hydrogens is 192 g/mol. The fourth-order valence-electron chi connectivity index (χ4n) is 1.80. The molecule has 15 heavy (non-hydrogen) atoms. The van der Waals surface area contributed by atoms with E-state index in [2.05, 4.69) is 10.6 Å². The number of aliphatic hydroxyl groups is 1. The second-order valence-corrected chi connectivity index (χ2v) is 4.37. The van der Waals surface area contributed by atoms with Crippen molar-refractivity contribution < 1.29 is 9.90 Å². The van der Waals surface area contributed by atoms with E-state index in [-0.39, 0.29) is 18.6 Å². The molecule has 1 amide bonds. The molecule has 1 saturated heterocycles. The maximum atomic E-state index is 11.7. The van der Waals surface area contributed by atoms with E-state index in [9.17, 15) is 4.79 Å². The SMILES string of the molecule is CC(CCO)CNC(=O)[C@@H]1CCCCN1. The molecule has 0 aliphatic carbocycles. The quantitative estimate of drug-likeness (QED) is 0.615. The molecule has 3 N–H and O–H groups in total. The smallest absolute Gasteiger partial charge is 0.237 e. The Kier molecular flexibility index (Phi) is 5.65. The topological polar surface area (TPSA) is 61.4 Å². The summed E-state index contributed by atoms with van der Waals surface area (Å²) < 4.78 is 0. The highest BCUT2D eigenvalue weighted by Crippen LogP contribution is 2.07. The average molecular weight is 214 g/mol. The molecule has 1 rings (SSSR count). The Morgan fingerprint density at radius 2 is 2.40 bits per heavy atom. The van der Waals surface area contributed by atoms with Crippen molar-refractivity contribution >= 4 is 5.91 Å². The maximum Gasteiger partial charge on any atom is 0.237 e. The minimum absolute atomic E-state index is 0.0000709. The average Bonchev–Trinajstić information content (AvgIpc) is 2.27. The van der Waals surface area contributed by atoms with Crippen LogP contribution in [0, 0.1) is 5.92 Å². The van der Waals surface area contributed by atoms with Crippen LogP contribution in [-0.4, -0.2) is 36.8 Å². The summed E-state index contributed by atoms with van der Waals surface area (Å²) in [4.78, 5) is 11.7. The molecule has 1 fully saturated rings. The van der Waals surface area contributed by atoms with Gasteiger partial charge in [-0.3, -0.25) is 4.79 Å². The molecule has 1 aliphatic rings. The van der Waals surface area contributed by atoms with Gasteiger partial charge in [0.25, 0.3) is 0 Å². The molecule has 4 heteroatoms. The monoisotopic (exact) mass is 214 g/mol. The van der Waals surface area contributed by atoms with Crippen molar-refractivity contribution in [1.82, 2.24) is 10.6 Å². The van der Waals surface area contributed by atoms with E-state index in [1.54, 1.807) is 0 Å². The molecule has 0 saturated carbocycles. The summed E-state index contributed by atoms with van der Waals surface area (Å²) in [5.41, 5.74) is 0. The number of carbonyl (C=O) groups excluding carboxylic acids is 1. The van der Waals surface area contributed by atoms with E-state index in [1.807, 2.05) is 6.92 Å². The molecule has 0 aromatic carbocycles. The lowest BCUT2D eigenvalue weighted by molar-refractivity contribution is -0.123. The number of amides is 1. The van der Waals surface area contributed by atoms with Gasteiger partial charge < -0.3 is 15.7 Å². The van der Waals surface area contributed by atoms with Gasteiger partial charge in [-0.2, -0.15) is 0 Å². The maximum absolute atomic E-state index is 11.7. The number of carbonyl (C=O) groups is 1. The van der Waals surface area contributed by atoms with Crippen LogP contribution in [0.4, 0.5) is 0 Å². The van der Waals surface area contributed by atoms with Crippen molar-refractivity contribution in [3.05, 3.63) is 0 Å². The van der Waals surface area contributed by atoms with Gasteiger partial charge in [-0.05, 0) is 31.7 Å². The zero-order valence-electron chi connectivity index (χ0n) is 9.46. The van der Waals surface area contributed by atoms with E-state index in [4.69, 9.17) is 5.11 Å². The van der Waals surface area contributed by atoms with Crippen LogP contribution in [0.5, 0.6) is 0 Å². The van der Waals surface area contributed by atoms with E-state index in [0.29, 0.717) is 12.5 Å². The second-order valence-electron chi connectivity index (χ2n) is 4.37. The Hall–Kier alpha value is -0.610. The Balaban J connectivity index is 2.16. The molecule has 2 atom stereocenters. The predicted molar refractivity (Wildman–Crippen MR) is 59.5 cm³/mol. The normalized spacial score (nSPS) is 23.5. The Morgan fingerprint density at radius 3 is 3.00 bits per heavy atom. The van der Waals surface area contributed by atoms with Crippen LogP contribution < -0.4 is 10.6 Å². The van der Waals surface area contributed by atoms with Gasteiger partial charge in [0.05, 0.1) is 6.04 Å². The molecule has 0 spiro atoms. The van der Waals surface area contributed by atoms with Crippen LogP contribution in [0.3, 0.4) is 0 Å². The van der Waals surface area contributed by atoms with Gasteiger partial charge in [0.2, 0.25) is 5.91 Å². The zero-order valence-corrected chi connectivity index (χ0v) is 9.46. The van der Waals surface area contributed by atoms with Gasteiger partial charge in [-0.25, -0.2) is 0 Å². The summed E-state index contributed by atoms with van der Waals surface area (Å²) in [5, 5.41) is 14.9. The highest BCUT2D eigenvalue weighted by Gasteiger charge is 2.20. The summed E-state index contributed by atoms with van der Waals surface area (Å²) in [7, 11) is 0. The third-order valence-corrected chi connectivity index (χ3v) is 2.87. The summed E-state index contributed by atoms with van der Waals surface area (Å²) >= 11 is 0. The largest absolute Gasteiger partial charge is 0.396 e. The van der Waals surface area contributed by atoms with E-state index >= 15 is 0 Å². The van der Waals surface area contributed by atoms with Crippen LogP contribution in [0.1, 0.15) is 32.6 Å². The molecule has 0 radical (unpaired) electrons. The molecule has 1 aliphatic heterocycles. The van der Waals surface area contributed by atoms with Crippen LogP contribution in [0.15, 0.2) is 0 Å². The molecule has 88 valence electrons. The summed E-state index contributed by atoms with van der Waals surface area (Å²) in [5.74, 6) is 0.460. The lowest BCUT2D eigenvalue weighted by Crippen LogP contribution is -2.47. The van der Waals surface area contributed by atoms with Crippen molar-refractivity contribution in [3.8, 4) is 0 Å². The van der Waals surface area contributed by atoms with Crippen molar-refractivity contribution in [3.63, 3.8) is 0 Å². The first-order chi connectivity index (χ1) is 7.24. The molecule has 4 nitrogen and oxygen atoms in total. The highest BCUT2D eigenvalue weighted by atomic mass is 16.3. The van der Waals surface area contributed by atoms with Crippen LogP contribution >= 0.6 is 0 Å². The van der Waals surface area contributed by atoms with Crippen molar-refractivity contribution in [2.45, 2.75) is 38.6 Å². The van der Waals surface area contributed by atoms with Gasteiger partial charge in [-0.1, -0.05) is 13.3 Å². The van der Waals surface area contributed by atoms with Crippen molar-refractivity contribution in [2.24, 2.45) is 5.92 Å². The Labute approximate surface area is 91.4 Å².